The van der Waals surface area contributed by atoms with E-state index in [1.807, 2.05) is 23.0 Å². The molecule has 0 spiro atoms. The highest BCUT2D eigenvalue weighted by Gasteiger charge is 2.15. The molecule has 0 fully saturated rings. The van der Waals surface area contributed by atoms with E-state index in [1.54, 1.807) is 0 Å². The van der Waals surface area contributed by atoms with Crippen LogP contribution in [0.2, 0.25) is 0 Å². The van der Waals surface area contributed by atoms with Crippen molar-refractivity contribution >= 4 is 21.6 Å². The quantitative estimate of drug-likeness (QED) is 0.932. The molecule has 2 N–H and O–H groups in total. The first-order valence-corrected chi connectivity index (χ1v) is 6.55. The molecule has 0 radical (unpaired) electrons. The first kappa shape index (κ1) is 12.2. The van der Waals surface area contributed by atoms with Gasteiger partial charge >= 0.3 is 0 Å². The predicted molar refractivity (Wildman–Crippen MR) is 71.7 cm³/mol. The monoisotopic (exact) mass is 297 g/mol. The molecule has 0 atom stereocenters. The van der Waals surface area contributed by atoms with Crippen molar-refractivity contribution < 1.29 is 4.42 Å². The third-order valence-corrected chi connectivity index (χ3v) is 3.31. The molecule has 0 aromatic carbocycles. The van der Waals surface area contributed by atoms with Crippen LogP contribution in [-0.2, 0) is 0 Å². The standard InChI is InChI=1S/C12H16BrN3O/c1-3-8(4-2)16-7-9(14)12(15-16)10-5-6-11(13)17-10/h5-8H,3-4,14H2,1-2H3. The Labute approximate surface area is 109 Å². The summed E-state index contributed by atoms with van der Waals surface area (Å²) in [5.41, 5.74) is 7.33. The zero-order valence-corrected chi connectivity index (χ0v) is 11.6. The Hall–Kier alpha value is -1.23. The van der Waals surface area contributed by atoms with E-state index in [0.717, 1.165) is 12.8 Å². The minimum absolute atomic E-state index is 0.393. The van der Waals surface area contributed by atoms with Gasteiger partial charge in [0, 0.05) is 6.20 Å². The SMILES string of the molecule is CCC(CC)n1cc(N)c(-c2ccc(Br)o2)n1. The Morgan fingerprint density at radius 2 is 2.12 bits per heavy atom. The number of halogens is 1. The second-order valence-corrected chi connectivity index (χ2v) is 4.77. The van der Waals surface area contributed by atoms with Crippen molar-refractivity contribution in [3.8, 4) is 11.5 Å². The lowest BCUT2D eigenvalue weighted by Crippen LogP contribution is -2.07. The van der Waals surface area contributed by atoms with E-state index >= 15 is 0 Å². The average molecular weight is 298 g/mol. The Balaban J connectivity index is 2.37. The van der Waals surface area contributed by atoms with Gasteiger partial charge in [-0.15, -0.1) is 0 Å². The Morgan fingerprint density at radius 1 is 1.41 bits per heavy atom. The number of hydrogen-bond donors (Lipinski definition) is 1. The van der Waals surface area contributed by atoms with E-state index in [-0.39, 0.29) is 0 Å². The fourth-order valence-electron chi connectivity index (χ4n) is 1.89. The molecule has 0 amide bonds. The van der Waals surface area contributed by atoms with Crippen LogP contribution >= 0.6 is 15.9 Å². The second kappa shape index (κ2) is 4.96. The van der Waals surface area contributed by atoms with Crippen LogP contribution < -0.4 is 5.73 Å². The summed E-state index contributed by atoms with van der Waals surface area (Å²) in [6, 6.07) is 4.09. The van der Waals surface area contributed by atoms with Crippen LogP contribution in [0.5, 0.6) is 0 Å². The molecule has 5 heteroatoms. The van der Waals surface area contributed by atoms with Gasteiger partial charge in [-0.2, -0.15) is 5.10 Å². The lowest BCUT2D eigenvalue weighted by Gasteiger charge is -2.11. The molecule has 2 heterocycles. The van der Waals surface area contributed by atoms with Crippen molar-refractivity contribution in [2.24, 2.45) is 0 Å². The number of furan rings is 1. The van der Waals surface area contributed by atoms with Crippen LogP contribution in [0.25, 0.3) is 11.5 Å². The van der Waals surface area contributed by atoms with Gasteiger partial charge in [0.25, 0.3) is 0 Å². The van der Waals surface area contributed by atoms with Gasteiger partial charge in [0.15, 0.2) is 16.1 Å². The lowest BCUT2D eigenvalue weighted by molar-refractivity contribution is 0.428. The number of nitrogen functional groups attached to an aromatic ring is 1. The molecule has 2 rings (SSSR count). The van der Waals surface area contributed by atoms with Crippen LogP contribution in [0.3, 0.4) is 0 Å². The van der Waals surface area contributed by atoms with Gasteiger partial charge in [0.2, 0.25) is 0 Å². The summed E-state index contributed by atoms with van der Waals surface area (Å²) in [6.07, 6.45) is 3.96. The third-order valence-electron chi connectivity index (χ3n) is 2.88. The summed E-state index contributed by atoms with van der Waals surface area (Å²) in [6.45, 7) is 4.30. The highest BCUT2D eigenvalue weighted by atomic mass is 79.9. The molecule has 0 aliphatic rings. The van der Waals surface area contributed by atoms with Crippen molar-refractivity contribution in [2.45, 2.75) is 32.7 Å². The summed E-state index contributed by atoms with van der Waals surface area (Å²) < 4.78 is 8.09. The van der Waals surface area contributed by atoms with E-state index in [9.17, 15) is 0 Å². The minimum Gasteiger partial charge on any atom is -0.448 e. The smallest absolute Gasteiger partial charge is 0.169 e. The van der Waals surface area contributed by atoms with Crippen molar-refractivity contribution in [1.82, 2.24) is 9.78 Å². The molecule has 17 heavy (non-hydrogen) atoms. The van der Waals surface area contributed by atoms with Gasteiger partial charge in [-0.3, -0.25) is 4.68 Å². The van der Waals surface area contributed by atoms with Gasteiger partial charge in [-0.05, 0) is 40.9 Å². The zero-order chi connectivity index (χ0) is 12.4. The fraction of sp³-hybridized carbons (Fsp3) is 0.417. The van der Waals surface area contributed by atoms with Gasteiger partial charge < -0.3 is 10.2 Å². The Kier molecular flexibility index (Phi) is 3.57. The number of nitrogens with two attached hydrogens (primary N) is 1. The summed E-state index contributed by atoms with van der Waals surface area (Å²) in [5, 5.41) is 4.51. The van der Waals surface area contributed by atoms with Crippen LogP contribution in [0.15, 0.2) is 27.4 Å². The number of aromatic nitrogens is 2. The van der Waals surface area contributed by atoms with Crippen molar-refractivity contribution in [3.05, 3.63) is 23.0 Å². The van der Waals surface area contributed by atoms with E-state index in [0.29, 0.717) is 27.9 Å². The van der Waals surface area contributed by atoms with Crippen LogP contribution in [0.1, 0.15) is 32.7 Å². The summed E-state index contributed by atoms with van der Waals surface area (Å²) in [4.78, 5) is 0. The summed E-state index contributed by atoms with van der Waals surface area (Å²) in [7, 11) is 0. The first-order valence-electron chi connectivity index (χ1n) is 5.76. The predicted octanol–water partition coefficient (Wildman–Crippen LogP) is 3.85. The second-order valence-electron chi connectivity index (χ2n) is 3.99. The maximum Gasteiger partial charge on any atom is 0.169 e. The molecule has 0 bridgehead atoms. The average Bonchev–Trinajstić information content (AvgIpc) is 2.87. The molecule has 2 aromatic heterocycles. The molecular formula is C12H16BrN3O. The van der Waals surface area contributed by atoms with Crippen molar-refractivity contribution in [2.75, 3.05) is 5.73 Å². The molecule has 92 valence electrons. The lowest BCUT2D eigenvalue weighted by atomic mass is 10.2. The molecule has 0 unspecified atom stereocenters. The maximum atomic E-state index is 5.97. The maximum absolute atomic E-state index is 5.97. The van der Waals surface area contributed by atoms with Gasteiger partial charge in [0.05, 0.1) is 11.7 Å². The van der Waals surface area contributed by atoms with Gasteiger partial charge in [-0.25, -0.2) is 0 Å². The largest absolute Gasteiger partial charge is 0.448 e. The van der Waals surface area contributed by atoms with Gasteiger partial charge in [-0.1, -0.05) is 13.8 Å². The first-order chi connectivity index (χ1) is 8.15. The summed E-state index contributed by atoms with van der Waals surface area (Å²) >= 11 is 3.27. The van der Waals surface area contributed by atoms with Crippen LogP contribution in [0.4, 0.5) is 5.69 Å². The van der Waals surface area contributed by atoms with Crippen LogP contribution in [-0.4, -0.2) is 9.78 Å². The molecule has 0 saturated heterocycles. The highest BCUT2D eigenvalue weighted by molar-refractivity contribution is 9.10. The molecule has 2 aromatic rings. The Bertz CT molecular complexity index is 500. The number of anilines is 1. The molecule has 0 aliphatic carbocycles. The topological polar surface area (TPSA) is 57.0 Å². The fourth-order valence-corrected chi connectivity index (χ4v) is 2.20. The summed E-state index contributed by atoms with van der Waals surface area (Å²) in [5.74, 6) is 0.694. The zero-order valence-electron chi connectivity index (χ0n) is 9.98. The van der Waals surface area contributed by atoms with Crippen molar-refractivity contribution in [3.63, 3.8) is 0 Å². The number of hydrogen-bond acceptors (Lipinski definition) is 3. The van der Waals surface area contributed by atoms with Crippen molar-refractivity contribution in [1.29, 1.82) is 0 Å². The Morgan fingerprint density at radius 3 is 2.65 bits per heavy atom. The molecule has 0 aliphatic heterocycles. The van der Waals surface area contributed by atoms with E-state index in [1.165, 1.54) is 0 Å². The number of nitrogens with zero attached hydrogens (tertiary/aromatic N) is 2. The minimum atomic E-state index is 0.393. The highest BCUT2D eigenvalue weighted by Crippen LogP contribution is 2.29. The van der Waals surface area contributed by atoms with Crippen LogP contribution in [0, 0.1) is 0 Å². The number of rotatable bonds is 4. The van der Waals surface area contributed by atoms with E-state index in [2.05, 4.69) is 34.9 Å². The normalized spacial score (nSPS) is 11.3. The van der Waals surface area contributed by atoms with E-state index in [4.69, 9.17) is 10.2 Å². The van der Waals surface area contributed by atoms with E-state index < -0.39 is 0 Å². The van der Waals surface area contributed by atoms with Gasteiger partial charge in [0.1, 0.15) is 0 Å². The molecular weight excluding hydrogens is 282 g/mol. The molecule has 0 saturated carbocycles. The molecule has 4 nitrogen and oxygen atoms in total. The third kappa shape index (κ3) is 2.39.